The van der Waals surface area contributed by atoms with Gasteiger partial charge in [-0.15, -0.1) is 0 Å². The molecule has 0 bridgehead atoms. The largest absolute Gasteiger partial charge is 0.313 e. The van der Waals surface area contributed by atoms with E-state index in [1.165, 1.54) is 0 Å². The van der Waals surface area contributed by atoms with Crippen molar-refractivity contribution in [1.82, 2.24) is 0 Å². The fourth-order valence-corrected chi connectivity index (χ4v) is 8.82. The highest BCUT2D eigenvalue weighted by Gasteiger charge is 2.31. The van der Waals surface area contributed by atoms with Crippen molar-refractivity contribution < 1.29 is 9.13 Å². The van der Waals surface area contributed by atoms with Crippen molar-refractivity contribution in [2.75, 3.05) is 6.16 Å². The second-order valence-corrected chi connectivity index (χ2v) is 12.9. The minimum atomic E-state index is -3.28. The van der Waals surface area contributed by atoms with Gasteiger partial charge in [-0.25, -0.2) is 4.76 Å². The second kappa shape index (κ2) is 9.65. The van der Waals surface area contributed by atoms with Crippen LogP contribution < -0.4 is 21.2 Å². The molecule has 0 heterocycles. The van der Waals surface area contributed by atoms with E-state index in [0.29, 0.717) is 16.3 Å². The van der Waals surface area contributed by atoms with Gasteiger partial charge in [0, 0.05) is 33.1 Å². The Morgan fingerprint density at radius 1 is 0.562 bits per heavy atom. The zero-order chi connectivity index (χ0) is 22.4. The molecule has 0 saturated heterocycles. The average Bonchev–Trinajstić information content (AvgIpc) is 2.86. The van der Waals surface area contributed by atoms with Gasteiger partial charge in [-0.05, 0) is 31.2 Å². The van der Waals surface area contributed by atoms with Crippen molar-refractivity contribution in [3.8, 4) is 0 Å². The summed E-state index contributed by atoms with van der Waals surface area (Å²) in [5, 5.41) is 2.88. The fourth-order valence-electron chi connectivity index (χ4n) is 3.79. The van der Waals surface area contributed by atoms with Crippen molar-refractivity contribution in [2.24, 2.45) is 4.76 Å². The van der Waals surface area contributed by atoms with Gasteiger partial charge in [-0.1, -0.05) is 97.1 Å². The van der Waals surface area contributed by atoms with Crippen LogP contribution in [0.4, 0.5) is 0 Å². The van der Waals surface area contributed by atoms with Gasteiger partial charge in [0.05, 0.1) is 0 Å². The molecule has 0 aliphatic heterocycles. The minimum Gasteiger partial charge on any atom is -0.313 e. The van der Waals surface area contributed by atoms with Crippen LogP contribution in [0.5, 0.6) is 0 Å². The van der Waals surface area contributed by atoms with Crippen molar-refractivity contribution in [3.63, 3.8) is 0 Å². The molecule has 0 atom stereocenters. The van der Waals surface area contributed by atoms with Crippen molar-refractivity contribution in [1.29, 1.82) is 0 Å². The lowest BCUT2D eigenvalue weighted by Crippen LogP contribution is -2.22. The third-order valence-electron chi connectivity index (χ3n) is 5.32. The van der Waals surface area contributed by atoms with Gasteiger partial charge in [-0.2, -0.15) is 0 Å². The highest BCUT2D eigenvalue weighted by atomic mass is 31.2. The first-order chi connectivity index (χ1) is 15.5. The minimum absolute atomic E-state index is 0.227. The molecular weight excluding hydrogens is 432 g/mol. The van der Waals surface area contributed by atoms with E-state index in [-0.39, 0.29) is 6.16 Å². The lowest BCUT2D eigenvalue weighted by molar-refractivity contribution is 0.588. The monoisotopic (exact) mass is 457 g/mol. The summed E-state index contributed by atoms with van der Waals surface area (Å²) in [6, 6.07) is 37.7. The first kappa shape index (κ1) is 22.2. The number of hydrogen-bond donors (Lipinski definition) is 0. The highest BCUT2D eigenvalue weighted by Crippen LogP contribution is 2.48. The summed E-state index contributed by atoms with van der Waals surface area (Å²) in [6.07, 6.45) is 0.227. The topological polar surface area (TPSA) is 46.5 Å². The van der Waals surface area contributed by atoms with E-state index in [2.05, 4.69) is 0 Å². The van der Waals surface area contributed by atoms with Crippen LogP contribution in [0.3, 0.4) is 0 Å². The number of rotatable bonds is 7. The normalized spacial score (nSPS) is 12.5. The Morgan fingerprint density at radius 2 is 0.875 bits per heavy atom. The lowest BCUT2D eigenvalue weighted by atomic mass is 10.4. The van der Waals surface area contributed by atoms with Gasteiger partial charge in [0.1, 0.15) is 7.14 Å². The maximum atomic E-state index is 14.4. The summed E-state index contributed by atoms with van der Waals surface area (Å²) in [6.45, 7) is 1.83. The fraction of sp³-hybridized carbons (Fsp3) is 0.0741. The standard InChI is InChI=1S/C27H25NO2P2/c1-23(22-31(29,24-14-6-2-7-15-24)25-16-8-3-9-17-25)28-32(30,26-18-10-4-11-19-26)27-20-12-5-13-21-27/h2-21H,22H2,1H3/b28-23+. The summed E-state index contributed by atoms with van der Waals surface area (Å²) in [4.78, 5) is 0. The van der Waals surface area contributed by atoms with E-state index >= 15 is 0 Å². The number of benzene rings is 4. The Balaban J connectivity index is 1.82. The lowest BCUT2D eigenvalue weighted by Gasteiger charge is -2.21. The molecule has 3 nitrogen and oxygen atoms in total. The van der Waals surface area contributed by atoms with Gasteiger partial charge < -0.3 is 4.57 Å². The van der Waals surface area contributed by atoms with Crippen LogP contribution in [0.25, 0.3) is 0 Å². The molecule has 0 spiro atoms. The van der Waals surface area contributed by atoms with Crippen LogP contribution in [0.1, 0.15) is 6.92 Å². The predicted octanol–water partition coefficient (Wildman–Crippen LogP) is 5.39. The molecule has 0 saturated carbocycles. The van der Waals surface area contributed by atoms with E-state index in [9.17, 15) is 9.13 Å². The Labute approximate surface area is 189 Å². The zero-order valence-electron chi connectivity index (χ0n) is 17.9. The smallest absolute Gasteiger partial charge is 0.247 e. The SMILES string of the molecule is C/C(CP(=O)(c1ccccc1)c1ccccc1)=N\P(=O)(c1ccccc1)c1ccccc1. The quantitative estimate of drug-likeness (QED) is 0.276. The van der Waals surface area contributed by atoms with E-state index < -0.39 is 14.4 Å². The van der Waals surface area contributed by atoms with E-state index in [0.717, 1.165) is 10.6 Å². The Kier molecular flexibility index (Phi) is 6.70. The second-order valence-electron chi connectivity index (χ2n) is 7.65. The number of nitrogens with zero attached hydrogens (tertiary/aromatic N) is 1. The van der Waals surface area contributed by atoms with E-state index in [1.807, 2.05) is 128 Å². The maximum absolute atomic E-state index is 14.4. The summed E-state index contributed by atoms with van der Waals surface area (Å²) in [5.74, 6) is 0. The van der Waals surface area contributed by atoms with Gasteiger partial charge in [0.2, 0.25) is 7.29 Å². The molecule has 0 aliphatic carbocycles. The number of hydrogen-bond acceptors (Lipinski definition) is 2. The van der Waals surface area contributed by atoms with Crippen LogP contribution in [0, 0.1) is 0 Å². The molecule has 0 amide bonds. The van der Waals surface area contributed by atoms with Crippen LogP contribution in [0.2, 0.25) is 0 Å². The Hall–Kier alpha value is -2.99. The van der Waals surface area contributed by atoms with Crippen LogP contribution in [0.15, 0.2) is 126 Å². The van der Waals surface area contributed by atoms with Gasteiger partial charge in [-0.3, -0.25) is 4.57 Å². The third-order valence-corrected chi connectivity index (χ3v) is 11.1. The molecule has 0 aromatic heterocycles. The summed E-state index contributed by atoms with van der Waals surface area (Å²) in [7, 11) is -6.28. The van der Waals surface area contributed by atoms with Gasteiger partial charge in [0.25, 0.3) is 0 Å². The van der Waals surface area contributed by atoms with Crippen molar-refractivity contribution in [2.45, 2.75) is 6.92 Å². The third kappa shape index (κ3) is 4.60. The highest BCUT2D eigenvalue weighted by molar-refractivity contribution is 7.80. The molecule has 0 radical (unpaired) electrons. The molecule has 4 aromatic carbocycles. The summed E-state index contributed by atoms with van der Waals surface area (Å²) in [5.41, 5.74) is 0.608. The molecule has 160 valence electrons. The molecule has 5 heteroatoms. The Bertz CT molecular complexity index is 1200. The summed E-state index contributed by atoms with van der Waals surface area (Å²) < 4.78 is 33.5. The van der Waals surface area contributed by atoms with E-state index in [1.54, 1.807) is 0 Å². The molecule has 0 fully saturated rings. The first-order valence-corrected chi connectivity index (χ1v) is 14.0. The molecule has 0 unspecified atom stereocenters. The van der Waals surface area contributed by atoms with Crippen molar-refractivity contribution in [3.05, 3.63) is 121 Å². The Morgan fingerprint density at radius 3 is 1.22 bits per heavy atom. The van der Waals surface area contributed by atoms with Crippen LogP contribution in [-0.4, -0.2) is 11.9 Å². The van der Waals surface area contributed by atoms with Crippen molar-refractivity contribution >= 4 is 41.4 Å². The van der Waals surface area contributed by atoms with E-state index in [4.69, 9.17) is 4.76 Å². The van der Waals surface area contributed by atoms with Crippen LogP contribution >= 0.6 is 14.4 Å². The zero-order valence-corrected chi connectivity index (χ0v) is 19.7. The summed E-state index contributed by atoms with van der Waals surface area (Å²) >= 11 is 0. The molecule has 0 N–H and O–H groups in total. The molecule has 0 aliphatic rings. The maximum Gasteiger partial charge on any atom is 0.247 e. The molecule has 4 rings (SSSR count). The van der Waals surface area contributed by atoms with Crippen LogP contribution in [-0.2, 0) is 9.13 Å². The van der Waals surface area contributed by atoms with Gasteiger partial charge >= 0.3 is 0 Å². The van der Waals surface area contributed by atoms with Gasteiger partial charge in [0.15, 0.2) is 0 Å². The predicted molar refractivity (Wildman–Crippen MR) is 137 cm³/mol. The molecule has 32 heavy (non-hydrogen) atoms. The molecule has 4 aromatic rings. The molecular formula is C27H25NO2P2. The average molecular weight is 457 g/mol. The first-order valence-electron chi connectivity index (χ1n) is 10.5.